The van der Waals surface area contributed by atoms with E-state index in [1.807, 2.05) is 18.2 Å². The van der Waals surface area contributed by atoms with Crippen LogP contribution in [-0.4, -0.2) is 11.5 Å². The minimum absolute atomic E-state index is 0.500. The first-order valence-electron chi connectivity index (χ1n) is 2.32. The number of carboxylic acid groups (broad SMARTS) is 1. The van der Waals surface area contributed by atoms with Gasteiger partial charge in [0.15, 0.2) is 0 Å². The van der Waals surface area contributed by atoms with Crippen LogP contribution in [0.3, 0.4) is 0 Å². The fourth-order valence-corrected chi connectivity index (χ4v) is 0.313. The number of hydrogen-bond donors (Lipinski definition) is 0. The quantitative estimate of drug-likeness (QED) is 0.436. The number of hydrogen-bond acceptors (Lipinski definition) is 3. The van der Waals surface area contributed by atoms with E-state index in [1.165, 1.54) is 0 Å². The average Bonchev–Trinajstić information content (AvgIpc) is 1.93. The van der Waals surface area contributed by atoms with Crippen LogP contribution in [0.2, 0.25) is 0 Å². The molecule has 9 heavy (non-hydrogen) atoms. The molecule has 0 aliphatic rings. The van der Waals surface area contributed by atoms with Gasteiger partial charge in [0, 0.05) is 18.9 Å². The molecule has 0 N–H and O–H groups in total. The Morgan fingerprint density at radius 1 is 1.22 bits per heavy atom. The van der Waals surface area contributed by atoms with E-state index in [1.54, 1.807) is 12.4 Å². The highest BCUT2D eigenvalue weighted by molar-refractivity contribution is 5.29. The lowest BCUT2D eigenvalue weighted by Crippen LogP contribution is -2.01. The van der Waals surface area contributed by atoms with Crippen LogP contribution in [0.25, 0.3) is 0 Å². The third-order valence-corrected chi connectivity index (χ3v) is 0.566. The summed E-state index contributed by atoms with van der Waals surface area (Å²) < 4.78 is 0. The normalized spacial score (nSPS) is 6.67. The molecule has 0 bridgehead atoms. The number of rotatable bonds is 0. The topological polar surface area (TPSA) is 53.0 Å². The van der Waals surface area contributed by atoms with Crippen LogP contribution in [0, 0.1) is 0 Å². The molecule has 0 atom stereocenters. The van der Waals surface area contributed by atoms with Gasteiger partial charge in [-0.2, -0.15) is 0 Å². The SMILES string of the molecule is O=C[O-].c1ccncc1. The summed E-state index contributed by atoms with van der Waals surface area (Å²) in [6, 6.07) is 5.72. The summed E-state index contributed by atoms with van der Waals surface area (Å²) in [4.78, 5) is 12.0. The lowest BCUT2D eigenvalue weighted by Gasteiger charge is -1.70. The van der Waals surface area contributed by atoms with Crippen molar-refractivity contribution in [1.82, 2.24) is 4.98 Å². The first-order valence-corrected chi connectivity index (χ1v) is 2.32. The summed E-state index contributed by atoms with van der Waals surface area (Å²) in [5.74, 6) is 0. The number of pyridine rings is 1. The molecule has 0 radical (unpaired) electrons. The monoisotopic (exact) mass is 124 g/mol. The summed E-state index contributed by atoms with van der Waals surface area (Å²) in [6.07, 6.45) is 3.50. The van der Waals surface area contributed by atoms with Gasteiger partial charge in [-0.15, -0.1) is 0 Å². The highest BCUT2D eigenvalue weighted by Crippen LogP contribution is 1.73. The molecule has 0 spiro atoms. The van der Waals surface area contributed by atoms with Crippen molar-refractivity contribution in [3.05, 3.63) is 30.6 Å². The maximum Gasteiger partial charge on any atom is 0.0275 e. The summed E-state index contributed by atoms with van der Waals surface area (Å²) >= 11 is 0. The van der Waals surface area contributed by atoms with Gasteiger partial charge < -0.3 is 9.90 Å². The molecule has 0 aliphatic carbocycles. The molecule has 0 fully saturated rings. The maximum atomic E-state index is 8.25. The summed E-state index contributed by atoms with van der Waals surface area (Å²) in [5, 5.41) is 8.25. The molecule has 0 saturated carbocycles. The fraction of sp³-hybridized carbons (Fsp3) is 0. The molecule has 1 aromatic rings. The third kappa shape index (κ3) is 6.62. The van der Waals surface area contributed by atoms with Gasteiger partial charge in [-0.05, 0) is 12.1 Å². The summed E-state index contributed by atoms with van der Waals surface area (Å²) in [5.41, 5.74) is 0. The zero-order valence-corrected chi connectivity index (χ0v) is 4.73. The van der Waals surface area contributed by atoms with Gasteiger partial charge in [-0.3, -0.25) is 4.98 Å². The van der Waals surface area contributed by atoms with E-state index < -0.39 is 6.47 Å². The molecule has 0 saturated heterocycles. The minimum Gasteiger partial charge on any atom is -0.554 e. The Kier molecular flexibility index (Phi) is 5.60. The number of carbonyl (C=O) groups is 1. The van der Waals surface area contributed by atoms with Crippen LogP contribution in [0.15, 0.2) is 30.6 Å². The predicted molar refractivity (Wildman–Crippen MR) is 30.3 cm³/mol. The lowest BCUT2D eigenvalue weighted by atomic mass is 10.5. The van der Waals surface area contributed by atoms with Crippen LogP contribution >= 0.6 is 0 Å². The number of carbonyl (C=O) groups excluding carboxylic acids is 1. The van der Waals surface area contributed by atoms with Crippen molar-refractivity contribution in [2.45, 2.75) is 0 Å². The van der Waals surface area contributed by atoms with Crippen molar-refractivity contribution in [3.8, 4) is 0 Å². The van der Waals surface area contributed by atoms with Crippen LogP contribution in [0.4, 0.5) is 0 Å². The molecule has 0 aliphatic heterocycles. The Labute approximate surface area is 53.0 Å². The van der Waals surface area contributed by atoms with Gasteiger partial charge in [0.1, 0.15) is 0 Å². The predicted octanol–water partition coefficient (Wildman–Crippen LogP) is -0.552. The first kappa shape index (κ1) is 7.62. The van der Waals surface area contributed by atoms with Gasteiger partial charge in [0.25, 0.3) is 0 Å². The smallest absolute Gasteiger partial charge is 0.0275 e. The Balaban J connectivity index is 0.000000187. The van der Waals surface area contributed by atoms with E-state index in [4.69, 9.17) is 9.90 Å². The second-order valence-corrected chi connectivity index (χ2v) is 1.12. The van der Waals surface area contributed by atoms with E-state index in [0.717, 1.165) is 0 Å². The standard InChI is InChI=1S/C5H5N.CH2O2/c1-2-4-6-5-3-1;2-1-3/h1-5H;1H,(H,2,3)/p-1. The van der Waals surface area contributed by atoms with Crippen LogP contribution in [-0.2, 0) is 4.79 Å². The molecule has 0 aromatic carbocycles. The second-order valence-electron chi connectivity index (χ2n) is 1.12. The Morgan fingerprint density at radius 3 is 1.78 bits per heavy atom. The lowest BCUT2D eigenvalue weighted by molar-refractivity contribution is -0.283. The van der Waals surface area contributed by atoms with E-state index in [-0.39, 0.29) is 0 Å². The zero-order valence-electron chi connectivity index (χ0n) is 4.73. The van der Waals surface area contributed by atoms with Crippen molar-refractivity contribution in [3.63, 3.8) is 0 Å². The number of aromatic nitrogens is 1. The van der Waals surface area contributed by atoms with E-state index in [9.17, 15) is 0 Å². The minimum atomic E-state index is -0.500. The van der Waals surface area contributed by atoms with E-state index in [0.29, 0.717) is 0 Å². The molecule has 3 heteroatoms. The maximum absolute atomic E-state index is 8.25. The fourth-order valence-electron chi connectivity index (χ4n) is 0.313. The van der Waals surface area contributed by atoms with Gasteiger partial charge >= 0.3 is 0 Å². The third-order valence-electron chi connectivity index (χ3n) is 0.566. The van der Waals surface area contributed by atoms with Crippen molar-refractivity contribution in [2.75, 3.05) is 0 Å². The van der Waals surface area contributed by atoms with Crippen molar-refractivity contribution in [2.24, 2.45) is 0 Å². The molecular formula is C6H6NO2-. The van der Waals surface area contributed by atoms with E-state index >= 15 is 0 Å². The van der Waals surface area contributed by atoms with Gasteiger partial charge in [0.2, 0.25) is 0 Å². The molecule has 1 aromatic heterocycles. The highest BCUT2D eigenvalue weighted by Gasteiger charge is 1.58. The van der Waals surface area contributed by atoms with Gasteiger partial charge in [-0.1, -0.05) is 6.07 Å². The molecule has 3 nitrogen and oxygen atoms in total. The molecular weight excluding hydrogens is 118 g/mol. The molecule has 1 heterocycles. The first-order chi connectivity index (χ1) is 4.41. The van der Waals surface area contributed by atoms with Crippen LogP contribution < -0.4 is 5.11 Å². The largest absolute Gasteiger partial charge is 0.554 e. The number of nitrogens with zero attached hydrogens (tertiary/aromatic N) is 1. The highest BCUT2D eigenvalue weighted by atomic mass is 16.3. The van der Waals surface area contributed by atoms with Gasteiger partial charge in [-0.25, -0.2) is 0 Å². The summed E-state index contributed by atoms with van der Waals surface area (Å²) in [6.45, 7) is -0.500. The molecule has 1 rings (SSSR count). The Morgan fingerprint density at radius 2 is 1.67 bits per heavy atom. The molecule has 48 valence electrons. The average molecular weight is 124 g/mol. The summed E-state index contributed by atoms with van der Waals surface area (Å²) in [7, 11) is 0. The zero-order chi connectivity index (χ0) is 6.95. The molecule has 0 amide bonds. The Hall–Kier alpha value is -1.38. The Bertz CT molecular complexity index is 114. The van der Waals surface area contributed by atoms with Crippen LogP contribution in [0.1, 0.15) is 0 Å². The van der Waals surface area contributed by atoms with Gasteiger partial charge in [0.05, 0.1) is 0 Å². The van der Waals surface area contributed by atoms with Crippen molar-refractivity contribution in [1.29, 1.82) is 0 Å². The molecule has 0 unspecified atom stereocenters. The van der Waals surface area contributed by atoms with Crippen molar-refractivity contribution >= 4 is 6.47 Å². The van der Waals surface area contributed by atoms with Crippen molar-refractivity contribution < 1.29 is 9.90 Å². The second kappa shape index (κ2) is 6.62. The van der Waals surface area contributed by atoms with E-state index in [2.05, 4.69) is 4.98 Å². The van der Waals surface area contributed by atoms with Crippen LogP contribution in [0.5, 0.6) is 0 Å².